The third-order valence-corrected chi connectivity index (χ3v) is 25.5. The van der Waals surface area contributed by atoms with Crippen LogP contribution in [0.15, 0.2) is 49.1 Å². The van der Waals surface area contributed by atoms with E-state index >= 15 is 4.79 Å². The van der Waals surface area contributed by atoms with Gasteiger partial charge in [0, 0.05) is 36.6 Å². The Morgan fingerprint density at radius 2 is 1.52 bits per heavy atom. The Bertz CT molecular complexity index is 2100. The molecule has 1 saturated carbocycles. The maximum Gasteiger partial charge on any atom is 0.416 e. The number of benzene rings is 2. The number of ether oxygens (including phenoxy) is 2. The van der Waals surface area contributed by atoms with Crippen LogP contribution >= 0.6 is 0 Å². The zero-order valence-corrected chi connectivity index (χ0v) is 44.6. The predicted octanol–water partition coefficient (Wildman–Crippen LogP) is 12.0. The molecular weight excluding hydrogens is 867 g/mol. The molecule has 14 heteroatoms. The standard InChI is InChI=1S/C52H79N3O9Si2/c1-17-24-61-46(57)27-40(32(2)3)44(56)26-37(11)47(58)53-39-20-18-38(19-21-39)30-62-50(60)55-42-28-45(63-66(33(4)5,34(6)7)35(8)9)36(10)25-41(42)48(59)54-31-52(22-23-52)29-43(54)49(55)64-65(15,16)51(12,13)14/h17-21,25,28,32-35,37,40,43,49H,1,22-24,26-27,29-31H2,2-16H3,(H,53,58)/t37-,40+,43+,49?/m1/s1. The Kier molecular flexibility index (Phi) is 16.4. The topological polar surface area (TPSA) is 141 Å². The Labute approximate surface area is 397 Å². The predicted molar refractivity (Wildman–Crippen MR) is 267 cm³/mol. The van der Waals surface area contributed by atoms with Gasteiger partial charge in [0.25, 0.3) is 14.2 Å². The fourth-order valence-corrected chi connectivity index (χ4v) is 16.4. The number of rotatable bonds is 19. The molecule has 2 aromatic rings. The normalized spacial score (nSPS) is 19.1. The van der Waals surface area contributed by atoms with Gasteiger partial charge in [-0.2, -0.15) is 0 Å². The maximum atomic E-state index is 15.0. The first-order valence-electron chi connectivity index (χ1n) is 24.2. The van der Waals surface area contributed by atoms with Crippen LogP contribution in [-0.4, -0.2) is 76.6 Å². The summed E-state index contributed by atoms with van der Waals surface area (Å²) in [6, 6.07) is 10.5. The number of hydrogen-bond donors (Lipinski definition) is 1. The summed E-state index contributed by atoms with van der Waals surface area (Å²) in [7, 11) is -5.03. The van der Waals surface area contributed by atoms with Gasteiger partial charge in [0.05, 0.1) is 23.7 Å². The van der Waals surface area contributed by atoms with Gasteiger partial charge in [-0.15, -0.1) is 0 Å². The van der Waals surface area contributed by atoms with E-state index in [2.05, 4.69) is 87.3 Å². The van der Waals surface area contributed by atoms with Gasteiger partial charge in [0.1, 0.15) is 24.7 Å². The Balaban J connectivity index is 1.44. The molecule has 1 aliphatic carbocycles. The summed E-state index contributed by atoms with van der Waals surface area (Å²) in [5.74, 6) is -1.72. The number of aryl methyl sites for hydroxylation is 1. The molecule has 3 amide bonds. The first-order chi connectivity index (χ1) is 30.7. The number of nitrogens with one attached hydrogen (secondary N) is 1. The van der Waals surface area contributed by atoms with Crippen molar-refractivity contribution in [2.75, 3.05) is 23.4 Å². The quantitative estimate of drug-likeness (QED) is 0.0828. The van der Waals surface area contributed by atoms with Gasteiger partial charge in [-0.1, -0.05) is 108 Å². The largest absolute Gasteiger partial charge is 0.542 e. The van der Waals surface area contributed by atoms with Crippen molar-refractivity contribution < 1.29 is 42.3 Å². The lowest BCUT2D eigenvalue weighted by Crippen LogP contribution is -2.58. The number of hydrogen-bond acceptors (Lipinski definition) is 9. The van der Waals surface area contributed by atoms with E-state index in [1.165, 1.54) is 6.08 Å². The summed E-state index contributed by atoms with van der Waals surface area (Å²) in [6.07, 6.45) is 2.80. The van der Waals surface area contributed by atoms with E-state index in [1.54, 1.807) is 36.1 Å². The zero-order valence-electron chi connectivity index (χ0n) is 42.6. The molecule has 0 radical (unpaired) electrons. The number of carbonyl (C=O) groups is 5. The highest BCUT2D eigenvalue weighted by atomic mass is 28.4. The molecule has 2 heterocycles. The van der Waals surface area contributed by atoms with Gasteiger partial charge in [0.15, 0.2) is 14.5 Å². The first-order valence-corrected chi connectivity index (χ1v) is 29.2. The van der Waals surface area contributed by atoms with E-state index < -0.39 is 46.8 Å². The number of amides is 3. The number of fused-ring (bicyclic) bond motifs is 2. The van der Waals surface area contributed by atoms with Crippen molar-refractivity contribution >= 4 is 57.7 Å². The molecule has 0 aromatic heterocycles. The van der Waals surface area contributed by atoms with E-state index in [1.807, 2.05) is 37.8 Å². The zero-order chi connectivity index (χ0) is 49.3. The summed E-state index contributed by atoms with van der Waals surface area (Å²) in [5.41, 5.74) is 3.86. The number of ketones is 1. The third kappa shape index (κ3) is 11.3. The Morgan fingerprint density at radius 3 is 2.05 bits per heavy atom. The lowest BCUT2D eigenvalue weighted by molar-refractivity contribution is -0.146. The molecule has 364 valence electrons. The maximum absolute atomic E-state index is 15.0. The number of nitrogens with zero attached hydrogens (tertiary/aromatic N) is 2. The van der Waals surface area contributed by atoms with E-state index in [-0.39, 0.29) is 66.1 Å². The Hall–Kier alpha value is -4.28. The van der Waals surface area contributed by atoms with Gasteiger partial charge >= 0.3 is 12.1 Å². The molecule has 2 aliphatic heterocycles. The average molecular weight is 946 g/mol. The van der Waals surface area contributed by atoms with Crippen LogP contribution in [0.25, 0.3) is 0 Å². The SMILES string of the molecule is C=CCOC(=O)C[C@H](C(=O)C[C@@H](C)C(=O)Nc1ccc(COC(=O)N2c3cc(O[Si](C(C)C)(C(C)C)C(C)C)c(C)cc3C(=O)N3CC4(CC4)C[C@H]3C2O[Si](C)(C)C(C)(C)C)cc1)C(C)C. The molecule has 4 atom stereocenters. The second-order valence-corrected chi connectivity index (χ2v) is 32.4. The lowest BCUT2D eigenvalue weighted by atomic mass is 9.84. The highest BCUT2D eigenvalue weighted by molar-refractivity contribution is 6.78. The summed E-state index contributed by atoms with van der Waals surface area (Å²) in [5, 5.41) is 2.71. The highest BCUT2D eigenvalue weighted by Gasteiger charge is 2.60. The van der Waals surface area contributed by atoms with Crippen LogP contribution in [0.5, 0.6) is 5.75 Å². The van der Waals surface area contributed by atoms with Crippen LogP contribution in [0.1, 0.15) is 137 Å². The van der Waals surface area contributed by atoms with E-state index in [0.717, 1.165) is 24.8 Å². The number of Topliss-reactive ketones (excluding diaryl/α,β-unsaturated/α-hetero) is 1. The van der Waals surface area contributed by atoms with Crippen LogP contribution < -0.4 is 14.6 Å². The van der Waals surface area contributed by atoms with Gasteiger partial charge in [-0.05, 0) is 102 Å². The molecule has 5 rings (SSSR count). The van der Waals surface area contributed by atoms with Crippen molar-refractivity contribution in [1.29, 1.82) is 0 Å². The van der Waals surface area contributed by atoms with Crippen LogP contribution in [0.2, 0.25) is 34.8 Å². The Morgan fingerprint density at radius 1 is 0.909 bits per heavy atom. The number of carbonyl (C=O) groups excluding carboxylic acids is 5. The fraction of sp³-hybridized carbons (Fsp3) is 0.635. The molecule has 2 fully saturated rings. The first kappa shape index (κ1) is 52.7. The van der Waals surface area contributed by atoms with Crippen LogP contribution in [-0.2, 0) is 34.9 Å². The minimum absolute atomic E-state index is 0.0222. The third-order valence-electron chi connectivity index (χ3n) is 15.1. The smallest absolute Gasteiger partial charge is 0.416 e. The van der Waals surface area contributed by atoms with Crippen molar-refractivity contribution in [1.82, 2.24) is 4.90 Å². The van der Waals surface area contributed by atoms with Gasteiger partial charge in [-0.25, -0.2) is 9.69 Å². The van der Waals surface area contributed by atoms with Crippen LogP contribution in [0.3, 0.4) is 0 Å². The molecular formula is C52H79N3O9Si2. The van der Waals surface area contributed by atoms with Crippen molar-refractivity contribution in [2.45, 2.75) is 176 Å². The molecule has 2 aromatic carbocycles. The van der Waals surface area contributed by atoms with E-state index in [0.29, 0.717) is 51.4 Å². The summed E-state index contributed by atoms with van der Waals surface area (Å²) >= 11 is 0. The monoisotopic (exact) mass is 946 g/mol. The highest BCUT2D eigenvalue weighted by Crippen LogP contribution is 2.58. The van der Waals surface area contributed by atoms with E-state index in [4.69, 9.17) is 18.3 Å². The minimum atomic E-state index is -2.57. The number of anilines is 2. The number of esters is 1. The second kappa shape index (κ2) is 20.5. The van der Waals surface area contributed by atoms with Crippen LogP contribution in [0.4, 0.5) is 16.2 Å². The van der Waals surface area contributed by atoms with Crippen molar-refractivity contribution in [3.63, 3.8) is 0 Å². The average Bonchev–Trinajstić information content (AvgIpc) is 3.89. The summed E-state index contributed by atoms with van der Waals surface area (Å²) < 4.78 is 26.0. The molecule has 12 nitrogen and oxygen atoms in total. The molecule has 66 heavy (non-hydrogen) atoms. The summed E-state index contributed by atoms with van der Waals surface area (Å²) in [4.78, 5) is 72.3. The van der Waals surface area contributed by atoms with Gasteiger partial charge < -0.3 is 28.5 Å². The van der Waals surface area contributed by atoms with Crippen molar-refractivity contribution in [3.05, 3.63) is 65.7 Å². The summed E-state index contributed by atoms with van der Waals surface area (Å²) in [6.45, 7) is 36.0. The van der Waals surface area contributed by atoms with Gasteiger partial charge in [0.2, 0.25) is 5.91 Å². The minimum Gasteiger partial charge on any atom is -0.542 e. The molecule has 1 N–H and O–H groups in total. The van der Waals surface area contributed by atoms with Gasteiger partial charge in [-0.3, -0.25) is 19.2 Å². The van der Waals surface area contributed by atoms with Crippen molar-refractivity contribution in [2.24, 2.45) is 23.2 Å². The second-order valence-electron chi connectivity index (χ2n) is 22.2. The van der Waals surface area contributed by atoms with Crippen molar-refractivity contribution in [3.8, 4) is 5.75 Å². The molecule has 3 aliphatic rings. The molecule has 1 unspecified atom stereocenters. The molecule has 1 spiro atoms. The van der Waals surface area contributed by atoms with E-state index in [9.17, 15) is 19.2 Å². The fourth-order valence-electron chi connectivity index (χ4n) is 9.91. The molecule has 1 saturated heterocycles. The van der Waals surface area contributed by atoms with Crippen LogP contribution in [0, 0.1) is 30.1 Å². The molecule has 0 bridgehead atoms. The lowest BCUT2D eigenvalue weighted by Gasteiger charge is -2.44.